The van der Waals surface area contributed by atoms with Gasteiger partial charge in [0.1, 0.15) is 0 Å². The van der Waals surface area contributed by atoms with Crippen LogP contribution < -0.4 is 0 Å². The zero-order valence-electron chi connectivity index (χ0n) is 14.5. The fourth-order valence-electron chi connectivity index (χ4n) is 3.39. The Morgan fingerprint density at radius 2 is 1.64 bits per heavy atom. The quantitative estimate of drug-likeness (QED) is 0.229. The smallest absolute Gasteiger partial charge is 0.308 e. The van der Waals surface area contributed by atoms with Crippen molar-refractivity contribution in [3.63, 3.8) is 0 Å². The molecule has 0 bridgehead atoms. The van der Waals surface area contributed by atoms with Gasteiger partial charge in [-0.25, -0.2) is 0 Å². The summed E-state index contributed by atoms with van der Waals surface area (Å²) in [5.41, 5.74) is 0. The van der Waals surface area contributed by atoms with Crippen molar-refractivity contribution in [3.8, 4) is 0 Å². The summed E-state index contributed by atoms with van der Waals surface area (Å²) in [6.45, 7) is 2.89. The van der Waals surface area contributed by atoms with Crippen LogP contribution in [0, 0.1) is 11.8 Å². The van der Waals surface area contributed by atoms with Gasteiger partial charge in [0.05, 0.1) is 12.5 Å². The topological polar surface area (TPSA) is 26.3 Å². The molecule has 0 aromatic heterocycles. The van der Waals surface area contributed by atoms with E-state index in [0.717, 1.165) is 30.5 Å². The first-order chi connectivity index (χ1) is 10.8. The number of ether oxygens (including phenoxy) is 1. The molecule has 0 aliphatic heterocycles. The molecule has 130 valence electrons. The van der Waals surface area contributed by atoms with Gasteiger partial charge in [0.2, 0.25) is 0 Å². The molecule has 0 heterocycles. The first kappa shape index (κ1) is 20.0. The van der Waals surface area contributed by atoms with Crippen LogP contribution in [0.15, 0.2) is 0 Å². The van der Waals surface area contributed by atoms with Crippen molar-refractivity contribution in [1.82, 2.24) is 0 Å². The van der Waals surface area contributed by atoms with Crippen LogP contribution in [0.5, 0.6) is 0 Å². The van der Waals surface area contributed by atoms with E-state index in [1.807, 2.05) is 0 Å². The number of halogens is 1. The number of esters is 1. The van der Waals surface area contributed by atoms with E-state index in [9.17, 15) is 4.79 Å². The summed E-state index contributed by atoms with van der Waals surface area (Å²) in [7, 11) is 0. The molecule has 3 heteroatoms. The lowest BCUT2D eigenvalue weighted by Gasteiger charge is -2.27. The second kappa shape index (κ2) is 13.4. The van der Waals surface area contributed by atoms with Crippen molar-refractivity contribution in [1.29, 1.82) is 0 Å². The maximum absolute atomic E-state index is 12.1. The van der Waals surface area contributed by atoms with E-state index < -0.39 is 0 Å². The van der Waals surface area contributed by atoms with Gasteiger partial charge in [-0.1, -0.05) is 67.8 Å². The highest BCUT2D eigenvalue weighted by molar-refractivity contribution is 9.09. The van der Waals surface area contributed by atoms with E-state index >= 15 is 0 Å². The maximum Gasteiger partial charge on any atom is 0.308 e. The molecular weight excluding hydrogens is 340 g/mol. The van der Waals surface area contributed by atoms with E-state index in [-0.39, 0.29) is 11.9 Å². The third-order valence-corrected chi connectivity index (χ3v) is 5.48. The van der Waals surface area contributed by atoms with Crippen molar-refractivity contribution in [2.45, 2.75) is 90.4 Å². The minimum Gasteiger partial charge on any atom is -0.465 e. The summed E-state index contributed by atoms with van der Waals surface area (Å²) >= 11 is 3.45. The van der Waals surface area contributed by atoms with Crippen molar-refractivity contribution in [2.75, 3.05) is 11.9 Å². The molecule has 1 rings (SSSR count). The average Bonchev–Trinajstić information content (AvgIpc) is 2.55. The molecule has 0 unspecified atom stereocenters. The highest BCUT2D eigenvalue weighted by Gasteiger charge is 2.26. The minimum atomic E-state index is 0.0764. The molecule has 1 fully saturated rings. The van der Waals surface area contributed by atoms with Crippen LogP contribution in [0.25, 0.3) is 0 Å². The lowest BCUT2D eigenvalue weighted by atomic mass is 9.80. The van der Waals surface area contributed by atoms with E-state index in [4.69, 9.17) is 4.74 Å². The molecule has 2 nitrogen and oxygen atoms in total. The third-order valence-electron chi connectivity index (χ3n) is 4.92. The number of alkyl halides is 1. The largest absolute Gasteiger partial charge is 0.465 e. The van der Waals surface area contributed by atoms with Crippen LogP contribution in [0.3, 0.4) is 0 Å². The first-order valence-corrected chi connectivity index (χ1v) is 10.6. The standard InChI is InChI=1S/C19H35BrO2/c1-2-3-7-10-17-11-13-18(14-12-17)19(21)22-16-9-6-4-5-8-15-20/h17-18H,2-16H2,1H3. The predicted octanol–water partition coefficient (Wildman–Crippen LogP) is 6.26. The van der Waals surface area contributed by atoms with Crippen LogP contribution in [-0.2, 0) is 9.53 Å². The van der Waals surface area contributed by atoms with Gasteiger partial charge in [0, 0.05) is 5.33 Å². The normalized spacial score (nSPS) is 21.7. The Bertz CT molecular complexity index is 273. The van der Waals surface area contributed by atoms with Crippen LogP contribution >= 0.6 is 15.9 Å². The molecule has 22 heavy (non-hydrogen) atoms. The van der Waals surface area contributed by atoms with Crippen LogP contribution in [0.2, 0.25) is 0 Å². The number of unbranched alkanes of at least 4 members (excludes halogenated alkanes) is 6. The SMILES string of the molecule is CCCCCC1CCC(C(=O)OCCCCCCCBr)CC1. The van der Waals surface area contributed by atoms with Gasteiger partial charge in [-0.05, 0) is 44.4 Å². The summed E-state index contributed by atoms with van der Waals surface area (Å²) in [6.07, 6.45) is 16.0. The summed E-state index contributed by atoms with van der Waals surface area (Å²) < 4.78 is 5.47. The third kappa shape index (κ3) is 9.17. The van der Waals surface area contributed by atoms with Crippen LogP contribution in [0.1, 0.15) is 90.4 Å². The maximum atomic E-state index is 12.1. The van der Waals surface area contributed by atoms with E-state index in [1.165, 1.54) is 64.2 Å². The Balaban J connectivity index is 2.00. The molecule has 0 spiro atoms. The first-order valence-electron chi connectivity index (χ1n) is 9.50. The molecule has 1 saturated carbocycles. The number of hydrogen-bond acceptors (Lipinski definition) is 2. The van der Waals surface area contributed by atoms with Crippen molar-refractivity contribution in [2.24, 2.45) is 11.8 Å². The van der Waals surface area contributed by atoms with Crippen LogP contribution in [0.4, 0.5) is 0 Å². The van der Waals surface area contributed by atoms with Gasteiger partial charge in [0.25, 0.3) is 0 Å². The van der Waals surface area contributed by atoms with E-state index in [2.05, 4.69) is 22.9 Å². The average molecular weight is 375 g/mol. The Labute approximate surface area is 145 Å². The molecule has 0 amide bonds. The van der Waals surface area contributed by atoms with Gasteiger partial charge in [-0.3, -0.25) is 4.79 Å². The number of rotatable bonds is 12. The molecule has 0 aromatic carbocycles. The summed E-state index contributed by atoms with van der Waals surface area (Å²) in [6, 6.07) is 0. The molecule has 0 N–H and O–H groups in total. The van der Waals surface area contributed by atoms with Gasteiger partial charge in [-0.2, -0.15) is 0 Å². The minimum absolute atomic E-state index is 0.0764. The molecule has 1 aliphatic carbocycles. The summed E-state index contributed by atoms with van der Waals surface area (Å²) in [5, 5.41) is 1.10. The lowest BCUT2D eigenvalue weighted by molar-refractivity contribution is -0.150. The van der Waals surface area contributed by atoms with Gasteiger partial charge < -0.3 is 4.74 Å². The molecular formula is C19H35BrO2. The summed E-state index contributed by atoms with van der Waals surface area (Å²) in [4.78, 5) is 12.1. The Hall–Kier alpha value is -0.0500. The zero-order chi connectivity index (χ0) is 16.0. The molecule has 0 radical (unpaired) electrons. The lowest BCUT2D eigenvalue weighted by Crippen LogP contribution is -2.24. The second-order valence-corrected chi connectivity index (χ2v) is 7.63. The van der Waals surface area contributed by atoms with Crippen LogP contribution in [-0.4, -0.2) is 17.9 Å². The Morgan fingerprint density at radius 1 is 0.955 bits per heavy atom. The Kier molecular flexibility index (Phi) is 12.2. The molecule has 0 atom stereocenters. The highest BCUT2D eigenvalue weighted by atomic mass is 79.9. The number of carbonyl (C=O) groups is 1. The fourth-order valence-corrected chi connectivity index (χ4v) is 3.78. The van der Waals surface area contributed by atoms with Crippen molar-refractivity contribution >= 4 is 21.9 Å². The molecule has 0 saturated heterocycles. The Morgan fingerprint density at radius 3 is 2.32 bits per heavy atom. The monoisotopic (exact) mass is 374 g/mol. The summed E-state index contributed by atoms with van der Waals surface area (Å²) in [5.74, 6) is 1.13. The van der Waals surface area contributed by atoms with Gasteiger partial charge >= 0.3 is 5.97 Å². The molecule has 0 aromatic rings. The highest BCUT2D eigenvalue weighted by Crippen LogP contribution is 2.32. The van der Waals surface area contributed by atoms with Crippen molar-refractivity contribution < 1.29 is 9.53 Å². The predicted molar refractivity (Wildman–Crippen MR) is 97.4 cm³/mol. The number of hydrogen-bond donors (Lipinski definition) is 0. The second-order valence-electron chi connectivity index (χ2n) is 6.84. The molecule has 1 aliphatic rings. The van der Waals surface area contributed by atoms with E-state index in [1.54, 1.807) is 0 Å². The van der Waals surface area contributed by atoms with E-state index in [0.29, 0.717) is 6.61 Å². The van der Waals surface area contributed by atoms with Gasteiger partial charge in [-0.15, -0.1) is 0 Å². The fraction of sp³-hybridized carbons (Fsp3) is 0.947. The van der Waals surface area contributed by atoms with Gasteiger partial charge in [0.15, 0.2) is 0 Å². The number of carbonyl (C=O) groups excluding carboxylic acids is 1. The van der Waals surface area contributed by atoms with Crippen molar-refractivity contribution in [3.05, 3.63) is 0 Å². The zero-order valence-corrected chi connectivity index (χ0v) is 16.0.